The Morgan fingerprint density at radius 1 is 1.50 bits per heavy atom. The highest BCUT2D eigenvalue weighted by atomic mass is 35.5. The average Bonchev–Trinajstić information content (AvgIpc) is 2.39. The highest BCUT2D eigenvalue weighted by molar-refractivity contribution is 6.32. The van der Waals surface area contributed by atoms with Gasteiger partial charge in [-0.15, -0.1) is 0 Å². The van der Waals surface area contributed by atoms with E-state index >= 15 is 0 Å². The quantitative estimate of drug-likeness (QED) is 0.912. The van der Waals surface area contributed by atoms with Gasteiger partial charge >= 0.3 is 0 Å². The lowest BCUT2D eigenvalue weighted by atomic mass is 9.94. The smallest absolute Gasteiger partial charge is 0.101 e. The van der Waals surface area contributed by atoms with E-state index in [9.17, 15) is 0 Å². The molecule has 96 valence electrons. The van der Waals surface area contributed by atoms with Gasteiger partial charge in [0.15, 0.2) is 0 Å². The summed E-state index contributed by atoms with van der Waals surface area (Å²) in [5, 5.41) is 9.41. The number of nitrogens with zero attached hydrogens (tertiary/aromatic N) is 2. The fourth-order valence-electron chi connectivity index (χ4n) is 2.56. The van der Waals surface area contributed by atoms with E-state index in [1.807, 2.05) is 12.1 Å². The molecule has 4 heteroatoms. The fraction of sp³-hybridized carbons (Fsp3) is 0.500. The normalized spacial score (nSPS) is 19.6. The Morgan fingerprint density at radius 2 is 2.33 bits per heavy atom. The first-order valence-corrected chi connectivity index (χ1v) is 6.77. The van der Waals surface area contributed by atoms with Gasteiger partial charge < -0.3 is 10.6 Å². The number of rotatable bonds is 3. The van der Waals surface area contributed by atoms with Crippen LogP contribution in [0.5, 0.6) is 0 Å². The highest BCUT2D eigenvalue weighted by Crippen LogP contribution is 2.28. The van der Waals surface area contributed by atoms with E-state index in [4.69, 9.17) is 22.6 Å². The molecule has 2 N–H and O–H groups in total. The number of hydrogen-bond acceptors (Lipinski definition) is 3. The summed E-state index contributed by atoms with van der Waals surface area (Å²) < 4.78 is 0. The maximum Gasteiger partial charge on any atom is 0.101 e. The van der Waals surface area contributed by atoms with Crippen molar-refractivity contribution in [2.75, 3.05) is 24.5 Å². The molecule has 1 aromatic carbocycles. The zero-order valence-electron chi connectivity index (χ0n) is 10.4. The molecule has 0 saturated carbocycles. The van der Waals surface area contributed by atoms with Gasteiger partial charge in [0.1, 0.15) is 6.07 Å². The Labute approximate surface area is 113 Å². The number of anilines is 1. The van der Waals surface area contributed by atoms with E-state index in [-0.39, 0.29) is 0 Å². The first-order chi connectivity index (χ1) is 8.74. The van der Waals surface area contributed by atoms with Gasteiger partial charge in [-0.05, 0) is 49.9 Å². The molecule has 1 saturated heterocycles. The molecule has 0 bridgehead atoms. The molecule has 0 aromatic heterocycles. The summed E-state index contributed by atoms with van der Waals surface area (Å²) in [7, 11) is 0. The molecule has 1 aliphatic rings. The molecule has 1 aromatic rings. The van der Waals surface area contributed by atoms with Crippen molar-refractivity contribution in [2.45, 2.75) is 19.3 Å². The summed E-state index contributed by atoms with van der Waals surface area (Å²) in [6.07, 6.45) is 3.54. The van der Waals surface area contributed by atoms with Crippen molar-refractivity contribution in [3.05, 3.63) is 28.8 Å². The lowest BCUT2D eigenvalue weighted by Gasteiger charge is -2.34. The summed E-state index contributed by atoms with van der Waals surface area (Å²) in [6, 6.07) is 7.76. The molecule has 1 fully saturated rings. The number of nitriles is 1. The molecule has 3 nitrogen and oxygen atoms in total. The van der Waals surface area contributed by atoms with Crippen LogP contribution in [0.25, 0.3) is 0 Å². The molecule has 1 aliphatic heterocycles. The monoisotopic (exact) mass is 263 g/mol. The summed E-state index contributed by atoms with van der Waals surface area (Å²) in [5.41, 5.74) is 7.28. The van der Waals surface area contributed by atoms with E-state index in [1.165, 1.54) is 12.8 Å². The molecule has 2 rings (SSSR count). The van der Waals surface area contributed by atoms with Crippen molar-refractivity contribution in [2.24, 2.45) is 11.7 Å². The van der Waals surface area contributed by atoms with Gasteiger partial charge in [0.25, 0.3) is 0 Å². The third-order valence-electron chi connectivity index (χ3n) is 3.53. The van der Waals surface area contributed by atoms with Crippen LogP contribution >= 0.6 is 11.6 Å². The lowest BCUT2D eigenvalue weighted by Crippen LogP contribution is -2.36. The molecule has 1 heterocycles. The molecule has 0 radical (unpaired) electrons. The minimum atomic E-state index is 0.538. The third kappa shape index (κ3) is 2.95. The average molecular weight is 264 g/mol. The van der Waals surface area contributed by atoms with Crippen molar-refractivity contribution in [1.29, 1.82) is 5.26 Å². The van der Waals surface area contributed by atoms with Crippen LogP contribution in [0.2, 0.25) is 5.02 Å². The van der Waals surface area contributed by atoms with E-state index in [0.717, 1.165) is 31.7 Å². The fourth-order valence-corrected chi connectivity index (χ4v) is 2.78. The van der Waals surface area contributed by atoms with Gasteiger partial charge in [-0.1, -0.05) is 11.6 Å². The number of benzene rings is 1. The predicted molar refractivity (Wildman–Crippen MR) is 74.8 cm³/mol. The maximum atomic E-state index is 8.87. The summed E-state index contributed by atoms with van der Waals surface area (Å²) in [4.78, 5) is 2.34. The van der Waals surface area contributed by atoms with E-state index in [0.29, 0.717) is 16.5 Å². The zero-order valence-corrected chi connectivity index (χ0v) is 11.2. The van der Waals surface area contributed by atoms with Crippen LogP contribution in [0, 0.1) is 17.2 Å². The first kappa shape index (κ1) is 13.2. The summed E-state index contributed by atoms with van der Waals surface area (Å²) in [6.45, 7) is 2.86. The molecule has 1 unspecified atom stereocenters. The van der Waals surface area contributed by atoms with Crippen LogP contribution in [0.1, 0.15) is 24.8 Å². The first-order valence-electron chi connectivity index (χ1n) is 6.39. The largest absolute Gasteiger partial charge is 0.371 e. The highest BCUT2D eigenvalue weighted by Gasteiger charge is 2.19. The van der Waals surface area contributed by atoms with Crippen molar-refractivity contribution < 1.29 is 0 Å². The number of halogens is 1. The Kier molecular flexibility index (Phi) is 4.46. The predicted octanol–water partition coefficient (Wildman–Crippen LogP) is 2.78. The second kappa shape index (κ2) is 6.08. The molecule has 1 atom stereocenters. The molecular weight excluding hydrogens is 246 g/mol. The topological polar surface area (TPSA) is 53.0 Å². The molecule has 0 amide bonds. The van der Waals surface area contributed by atoms with Crippen LogP contribution < -0.4 is 10.6 Å². The van der Waals surface area contributed by atoms with Crippen LogP contribution in [0.3, 0.4) is 0 Å². The van der Waals surface area contributed by atoms with Gasteiger partial charge in [-0.25, -0.2) is 0 Å². The van der Waals surface area contributed by atoms with E-state index in [2.05, 4.69) is 11.0 Å². The van der Waals surface area contributed by atoms with E-state index < -0.39 is 0 Å². The Balaban J connectivity index is 2.11. The van der Waals surface area contributed by atoms with Crippen molar-refractivity contribution in [3.8, 4) is 6.07 Å². The second-order valence-corrected chi connectivity index (χ2v) is 5.21. The second-order valence-electron chi connectivity index (χ2n) is 4.81. The standard InChI is InChI=1S/C14H18ClN3/c15-14-8-13(4-3-12(14)9-17)18-7-1-2-11(10-18)5-6-16/h3-4,8,11H,1-2,5-7,10,16H2. The van der Waals surface area contributed by atoms with Crippen molar-refractivity contribution in [1.82, 2.24) is 0 Å². The third-order valence-corrected chi connectivity index (χ3v) is 3.84. The van der Waals surface area contributed by atoms with Gasteiger partial charge in [-0.3, -0.25) is 0 Å². The molecular formula is C14H18ClN3. The minimum Gasteiger partial charge on any atom is -0.371 e. The van der Waals surface area contributed by atoms with E-state index in [1.54, 1.807) is 6.07 Å². The van der Waals surface area contributed by atoms with Crippen molar-refractivity contribution in [3.63, 3.8) is 0 Å². The van der Waals surface area contributed by atoms with Crippen LogP contribution in [0.4, 0.5) is 5.69 Å². The Bertz CT molecular complexity index is 451. The van der Waals surface area contributed by atoms with Crippen LogP contribution in [0.15, 0.2) is 18.2 Å². The number of nitrogens with two attached hydrogens (primary N) is 1. The SMILES string of the molecule is N#Cc1ccc(N2CCCC(CCN)C2)cc1Cl. The molecule has 0 aliphatic carbocycles. The summed E-state index contributed by atoms with van der Waals surface area (Å²) >= 11 is 6.08. The number of hydrogen-bond donors (Lipinski definition) is 1. The minimum absolute atomic E-state index is 0.538. The molecule has 0 spiro atoms. The Morgan fingerprint density at radius 3 is 3.00 bits per heavy atom. The zero-order chi connectivity index (χ0) is 13.0. The van der Waals surface area contributed by atoms with Crippen molar-refractivity contribution >= 4 is 17.3 Å². The van der Waals surface area contributed by atoms with Gasteiger partial charge in [0.2, 0.25) is 0 Å². The van der Waals surface area contributed by atoms with Gasteiger partial charge in [0.05, 0.1) is 10.6 Å². The van der Waals surface area contributed by atoms with Gasteiger partial charge in [0, 0.05) is 18.8 Å². The summed E-state index contributed by atoms with van der Waals surface area (Å²) in [5.74, 6) is 0.679. The van der Waals surface area contributed by atoms with Gasteiger partial charge in [-0.2, -0.15) is 5.26 Å². The van der Waals surface area contributed by atoms with Crippen LogP contribution in [-0.2, 0) is 0 Å². The lowest BCUT2D eigenvalue weighted by molar-refractivity contribution is 0.396. The maximum absolute atomic E-state index is 8.87. The Hall–Kier alpha value is -1.24. The molecule has 18 heavy (non-hydrogen) atoms. The number of piperidine rings is 1. The van der Waals surface area contributed by atoms with Crippen LogP contribution in [-0.4, -0.2) is 19.6 Å².